The zero-order valence-corrected chi connectivity index (χ0v) is 18.6. The first-order chi connectivity index (χ1) is 16.5. The van der Waals surface area contributed by atoms with Crippen LogP contribution in [0, 0.1) is 17.7 Å². The third kappa shape index (κ3) is 3.39. The fourth-order valence-corrected chi connectivity index (χ4v) is 5.16. The van der Waals surface area contributed by atoms with Gasteiger partial charge < -0.3 is 30.8 Å². The lowest BCUT2D eigenvalue weighted by atomic mass is 9.72. The molecule has 0 amide bonds. The van der Waals surface area contributed by atoms with Gasteiger partial charge in [-0.3, -0.25) is 0 Å². The molecule has 1 aliphatic heterocycles. The lowest BCUT2D eigenvalue weighted by Crippen LogP contribution is -2.46. The van der Waals surface area contributed by atoms with Crippen LogP contribution in [0.4, 0.5) is 15.9 Å². The Labute approximate surface area is 194 Å². The first-order valence-corrected chi connectivity index (χ1v) is 11.3. The van der Waals surface area contributed by atoms with Gasteiger partial charge >= 0.3 is 6.01 Å². The van der Waals surface area contributed by atoms with Gasteiger partial charge in [-0.15, -0.1) is 0 Å². The number of aromatic nitrogens is 5. The Kier molecular flexibility index (Phi) is 4.96. The molecule has 1 aliphatic carbocycles. The number of hydrogen-bond donors (Lipinski definition) is 4. The van der Waals surface area contributed by atoms with Crippen molar-refractivity contribution in [3.63, 3.8) is 0 Å². The van der Waals surface area contributed by atoms with Gasteiger partial charge in [0.1, 0.15) is 23.1 Å². The maximum Gasteiger partial charge on any atom is 0.326 e. The molecular formula is C23H25FN8O2. The third-order valence-corrected chi connectivity index (χ3v) is 6.90. The van der Waals surface area contributed by atoms with E-state index in [-0.39, 0.29) is 24.5 Å². The Balaban J connectivity index is 1.47. The molecule has 3 aromatic heterocycles. The van der Waals surface area contributed by atoms with Crippen LogP contribution in [0.1, 0.15) is 12.2 Å². The molecule has 3 atom stereocenters. The van der Waals surface area contributed by atoms with Crippen LogP contribution in [0.3, 0.4) is 0 Å². The van der Waals surface area contributed by atoms with Crippen LogP contribution >= 0.6 is 0 Å². The topological polar surface area (TPSA) is 138 Å². The molecule has 1 saturated heterocycles. The molecule has 4 heterocycles. The van der Waals surface area contributed by atoms with Crippen molar-refractivity contribution in [2.75, 3.05) is 37.0 Å². The van der Waals surface area contributed by atoms with E-state index < -0.39 is 0 Å². The van der Waals surface area contributed by atoms with Crippen LogP contribution in [0.5, 0.6) is 11.8 Å². The molecule has 2 fully saturated rings. The number of fused-ring (bicyclic) bond motifs is 4. The molecule has 2 unspecified atom stereocenters. The van der Waals surface area contributed by atoms with E-state index in [2.05, 4.69) is 30.2 Å². The molecule has 0 radical (unpaired) electrons. The molecule has 5 N–H and O–H groups in total. The van der Waals surface area contributed by atoms with Crippen LogP contribution in [0.2, 0.25) is 0 Å². The van der Waals surface area contributed by atoms with Crippen LogP contribution in [-0.4, -0.2) is 62.8 Å². The van der Waals surface area contributed by atoms with Crippen LogP contribution < -0.4 is 20.7 Å². The maximum atomic E-state index is 14.5. The third-order valence-electron chi connectivity index (χ3n) is 6.90. The molecule has 10 nitrogen and oxygen atoms in total. The van der Waals surface area contributed by atoms with E-state index in [0.717, 1.165) is 30.4 Å². The number of benzene rings is 1. The minimum absolute atomic E-state index is 0.0274. The summed E-state index contributed by atoms with van der Waals surface area (Å²) in [5, 5.41) is 13.6. The van der Waals surface area contributed by atoms with Crippen molar-refractivity contribution in [2.24, 2.45) is 17.6 Å². The first-order valence-electron chi connectivity index (χ1n) is 11.3. The number of nitrogens with zero attached hydrogens (tertiary/aromatic N) is 5. The Morgan fingerprint density at radius 1 is 1.26 bits per heavy atom. The van der Waals surface area contributed by atoms with Crippen molar-refractivity contribution < 1.29 is 14.2 Å². The highest BCUT2D eigenvalue weighted by Gasteiger charge is 2.46. The highest BCUT2D eigenvalue weighted by Crippen LogP contribution is 2.44. The van der Waals surface area contributed by atoms with E-state index in [0.29, 0.717) is 52.4 Å². The summed E-state index contributed by atoms with van der Waals surface area (Å²) in [5.74, 6) is 2.22. The zero-order valence-electron chi connectivity index (χ0n) is 18.6. The van der Waals surface area contributed by atoms with Gasteiger partial charge in [-0.25, -0.2) is 14.4 Å². The summed E-state index contributed by atoms with van der Waals surface area (Å²) in [7, 11) is 1.75. The fourth-order valence-electron chi connectivity index (χ4n) is 5.16. The summed E-state index contributed by atoms with van der Waals surface area (Å²) in [6, 6.07) is 3.30. The second kappa shape index (κ2) is 8.03. The number of aliphatic hydroxyl groups excluding tert-OH is 1. The van der Waals surface area contributed by atoms with Crippen molar-refractivity contribution in [3.05, 3.63) is 36.2 Å². The van der Waals surface area contributed by atoms with Gasteiger partial charge in [-0.2, -0.15) is 9.97 Å². The largest absolute Gasteiger partial charge is 0.421 e. The van der Waals surface area contributed by atoms with E-state index in [1.54, 1.807) is 7.05 Å². The summed E-state index contributed by atoms with van der Waals surface area (Å²) in [5.41, 5.74) is 8.18. The Morgan fingerprint density at radius 2 is 2.09 bits per heavy atom. The lowest BCUT2D eigenvalue weighted by Gasteiger charge is -2.36. The minimum Gasteiger partial charge on any atom is -0.421 e. The van der Waals surface area contributed by atoms with Gasteiger partial charge in [0.25, 0.3) is 0 Å². The summed E-state index contributed by atoms with van der Waals surface area (Å²) in [6.45, 7) is 1.60. The molecule has 0 bridgehead atoms. The quantitative estimate of drug-likeness (QED) is 0.338. The predicted molar refractivity (Wildman–Crippen MR) is 126 cm³/mol. The summed E-state index contributed by atoms with van der Waals surface area (Å²) in [6.07, 6.45) is 4.43. The van der Waals surface area contributed by atoms with Gasteiger partial charge in [-0.1, -0.05) is 0 Å². The first kappa shape index (κ1) is 21.0. The van der Waals surface area contributed by atoms with Crippen LogP contribution in [-0.2, 0) is 6.42 Å². The van der Waals surface area contributed by atoms with E-state index in [1.807, 2.05) is 0 Å². The average Bonchev–Trinajstić information content (AvgIpc) is 3.37. The van der Waals surface area contributed by atoms with E-state index in [1.165, 1.54) is 24.5 Å². The Morgan fingerprint density at radius 3 is 2.79 bits per heavy atom. The molecule has 34 heavy (non-hydrogen) atoms. The maximum absolute atomic E-state index is 14.5. The van der Waals surface area contributed by atoms with Crippen molar-refractivity contribution >= 4 is 33.4 Å². The number of nitrogens with one attached hydrogen (secondary N) is 2. The highest BCUT2D eigenvalue weighted by atomic mass is 19.1. The summed E-state index contributed by atoms with van der Waals surface area (Å²) < 4.78 is 20.4. The summed E-state index contributed by atoms with van der Waals surface area (Å²) >= 11 is 0. The second-order valence-corrected chi connectivity index (χ2v) is 8.94. The van der Waals surface area contributed by atoms with Crippen LogP contribution in [0.15, 0.2) is 24.5 Å². The van der Waals surface area contributed by atoms with E-state index in [9.17, 15) is 4.39 Å². The molecule has 2 aliphatic rings. The molecule has 1 aromatic carbocycles. The number of anilines is 2. The normalized spacial score (nSPS) is 21.6. The fraction of sp³-hybridized carbons (Fsp3) is 0.391. The predicted octanol–water partition coefficient (Wildman–Crippen LogP) is 2.19. The van der Waals surface area contributed by atoms with E-state index in [4.69, 9.17) is 20.6 Å². The van der Waals surface area contributed by atoms with Crippen molar-refractivity contribution in [1.29, 1.82) is 0 Å². The molecule has 0 spiro atoms. The van der Waals surface area contributed by atoms with Gasteiger partial charge in [0.05, 0.1) is 35.6 Å². The number of nitrogens with two attached hydrogens (primary N) is 1. The van der Waals surface area contributed by atoms with Crippen molar-refractivity contribution in [1.82, 2.24) is 24.9 Å². The van der Waals surface area contributed by atoms with E-state index >= 15 is 0 Å². The average molecular weight is 465 g/mol. The molecule has 1 saturated carbocycles. The van der Waals surface area contributed by atoms with Gasteiger partial charge in [0.15, 0.2) is 5.75 Å². The number of ether oxygens (including phenoxy) is 1. The Hall–Kier alpha value is -3.57. The van der Waals surface area contributed by atoms with Crippen molar-refractivity contribution in [3.8, 4) is 11.8 Å². The molecule has 6 rings (SSSR count). The highest BCUT2D eigenvalue weighted by molar-refractivity contribution is 6.14. The Bertz CT molecular complexity index is 1380. The number of aliphatic hydroxyl groups is 1. The second-order valence-electron chi connectivity index (χ2n) is 8.94. The van der Waals surface area contributed by atoms with Crippen LogP contribution in [0.25, 0.3) is 21.9 Å². The van der Waals surface area contributed by atoms with Crippen molar-refractivity contribution in [2.45, 2.75) is 18.9 Å². The van der Waals surface area contributed by atoms with Gasteiger partial charge in [0.2, 0.25) is 0 Å². The number of aromatic amines is 1. The number of hydrogen-bond acceptors (Lipinski definition) is 9. The smallest absolute Gasteiger partial charge is 0.326 e. The van der Waals surface area contributed by atoms with Gasteiger partial charge in [-0.05, 0) is 30.4 Å². The lowest BCUT2D eigenvalue weighted by molar-refractivity contribution is 0.194. The molecular weight excluding hydrogens is 439 g/mol. The standard InChI is InChI=1S/C23H25FN8O2/c1-26-17-6-12(24)5-14-19-21(29-20(14)17)30-23(34-13-7-27-18(2-3-33)28-8-13)31-22(19)32-9-11-4-16(25)15(11)10-32/h5-8,11,15-16,26,33H,2-4,9-10,25H2,1H3,(H,29,30,31)/t11?,15?,16-/m1/s1. The SMILES string of the molecule is CNc1cc(F)cc2c1[nH]c1nc(Oc3cnc(CCO)nc3)nc(N3CC4C[C@@H](N)C4C3)c12. The van der Waals surface area contributed by atoms with Gasteiger partial charge in [0, 0.05) is 38.0 Å². The number of H-pyrrole nitrogens is 1. The number of halogens is 1. The molecule has 11 heteroatoms. The summed E-state index contributed by atoms with van der Waals surface area (Å²) in [4.78, 5) is 23.3. The molecule has 4 aromatic rings. The molecule has 176 valence electrons. The monoisotopic (exact) mass is 464 g/mol. The minimum atomic E-state index is -0.340. The zero-order chi connectivity index (χ0) is 23.4. The number of rotatable bonds is 6.